The van der Waals surface area contributed by atoms with Crippen LogP contribution >= 0.6 is 24.8 Å². The molecule has 0 bridgehead atoms. The van der Waals surface area contributed by atoms with E-state index in [1.54, 1.807) is 12.4 Å². The van der Waals surface area contributed by atoms with Gasteiger partial charge in [0.2, 0.25) is 5.91 Å². The Morgan fingerprint density at radius 1 is 1.53 bits per heavy atom. The van der Waals surface area contributed by atoms with Gasteiger partial charge in [0.15, 0.2) is 0 Å². The summed E-state index contributed by atoms with van der Waals surface area (Å²) in [7, 11) is 0. The average molecular weight is 278 g/mol. The summed E-state index contributed by atoms with van der Waals surface area (Å²) < 4.78 is 0. The van der Waals surface area contributed by atoms with E-state index in [1.165, 1.54) is 0 Å². The predicted molar refractivity (Wildman–Crippen MR) is 71.4 cm³/mol. The zero-order valence-electron chi connectivity index (χ0n) is 9.55. The molecule has 0 unspecified atom stereocenters. The van der Waals surface area contributed by atoms with Gasteiger partial charge < -0.3 is 11.1 Å². The van der Waals surface area contributed by atoms with Crippen molar-refractivity contribution in [2.75, 3.05) is 0 Å². The van der Waals surface area contributed by atoms with E-state index < -0.39 is 5.54 Å². The van der Waals surface area contributed by atoms with Crippen molar-refractivity contribution < 1.29 is 4.79 Å². The van der Waals surface area contributed by atoms with Crippen LogP contribution in [-0.4, -0.2) is 16.4 Å². The molecule has 0 aromatic carbocycles. The van der Waals surface area contributed by atoms with E-state index in [0.29, 0.717) is 0 Å². The van der Waals surface area contributed by atoms with Crippen molar-refractivity contribution in [3.8, 4) is 0 Å². The number of carbonyl (C=O) groups is 1. The van der Waals surface area contributed by atoms with Crippen molar-refractivity contribution in [2.45, 2.75) is 31.3 Å². The summed E-state index contributed by atoms with van der Waals surface area (Å²) >= 11 is 0. The van der Waals surface area contributed by atoms with E-state index in [0.717, 1.165) is 18.4 Å². The van der Waals surface area contributed by atoms with E-state index in [4.69, 9.17) is 5.73 Å². The van der Waals surface area contributed by atoms with Gasteiger partial charge in [0.1, 0.15) is 0 Å². The molecule has 1 aromatic rings. The third-order valence-corrected chi connectivity index (χ3v) is 2.77. The molecule has 1 saturated carbocycles. The van der Waals surface area contributed by atoms with E-state index >= 15 is 0 Å². The van der Waals surface area contributed by atoms with Crippen molar-refractivity contribution >= 4 is 30.7 Å². The van der Waals surface area contributed by atoms with Crippen LogP contribution in [0.15, 0.2) is 24.5 Å². The minimum atomic E-state index is -0.601. The SMILES string of the molecule is C[C@H](NC(=O)C1(N)CC1)c1cccnc1.Cl.Cl. The number of hydrogen-bond donors (Lipinski definition) is 2. The Balaban J connectivity index is 0.00000128. The molecular formula is C11H17Cl2N3O. The zero-order valence-corrected chi connectivity index (χ0v) is 11.2. The van der Waals surface area contributed by atoms with Gasteiger partial charge in [-0.25, -0.2) is 0 Å². The van der Waals surface area contributed by atoms with Gasteiger partial charge in [0, 0.05) is 12.4 Å². The van der Waals surface area contributed by atoms with E-state index in [-0.39, 0.29) is 36.8 Å². The summed E-state index contributed by atoms with van der Waals surface area (Å²) in [6.45, 7) is 1.93. The van der Waals surface area contributed by atoms with E-state index in [9.17, 15) is 4.79 Å². The Hall–Kier alpha value is -0.840. The molecule has 1 fully saturated rings. The summed E-state index contributed by atoms with van der Waals surface area (Å²) in [4.78, 5) is 15.7. The highest BCUT2D eigenvalue weighted by atomic mass is 35.5. The summed E-state index contributed by atoms with van der Waals surface area (Å²) in [5.74, 6) is -0.0566. The molecule has 17 heavy (non-hydrogen) atoms. The molecule has 0 saturated heterocycles. The molecule has 0 spiro atoms. The highest BCUT2D eigenvalue weighted by molar-refractivity contribution is 5.89. The number of carbonyl (C=O) groups excluding carboxylic acids is 1. The van der Waals surface area contributed by atoms with Gasteiger partial charge in [-0.15, -0.1) is 24.8 Å². The first-order valence-corrected chi connectivity index (χ1v) is 5.12. The smallest absolute Gasteiger partial charge is 0.240 e. The number of nitrogens with zero attached hydrogens (tertiary/aromatic N) is 1. The number of aromatic nitrogens is 1. The molecule has 1 aromatic heterocycles. The first kappa shape index (κ1) is 16.2. The molecular weight excluding hydrogens is 261 g/mol. The summed E-state index contributed by atoms with van der Waals surface area (Å²) in [5, 5.41) is 2.89. The summed E-state index contributed by atoms with van der Waals surface area (Å²) in [6.07, 6.45) is 5.04. The molecule has 0 radical (unpaired) electrons. The molecule has 6 heteroatoms. The second-order valence-electron chi connectivity index (χ2n) is 4.14. The maximum atomic E-state index is 11.7. The average Bonchev–Trinajstić information content (AvgIpc) is 2.99. The largest absolute Gasteiger partial charge is 0.348 e. The Morgan fingerprint density at radius 3 is 2.65 bits per heavy atom. The van der Waals surface area contributed by atoms with E-state index in [2.05, 4.69) is 10.3 Å². The fourth-order valence-corrected chi connectivity index (χ4v) is 1.42. The van der Waals surface area contributed by atoms with Crippen LogP contribution in [0.5, 0.6) is 0 Å². The number of nitrogens with one attached hydrogen (secondary N) is 1. The van der Waals surface area contributed by atoms with Crippen LogP contribution in [0.25, 0.3) is 0 Å². The Morgan fingerprint density at radius 2 is 2.18 bits per heavy atom. The second kappa shape index (κ2) is 6.19. The fraction of sp³-hybridized carbons (Fsp3) is 0.455. The van der Waals surface area contributed by atoms with Crippen LogP contribution in [-0.2, 0) is 4.79 Å². The Labute approximate surface area is 113 Å². The van der Waals surface area contributed by atoms with Crippen molar-refractivity contribution in [1.82, 2.24) is 10.3 Å². The van der Waals surface area contributed by atoms with Gasteiger partial charge in [0.25, 0.3) is 0 Å². The zero-order chi connectivity index (χ0) is 10.9. The minimum Gasteiger partial charge on any atom is -0.348 e. The van der Waals surface area contributed by atoms with Crippen molar-refractivity contribution in [1.29, 1.82) is 0 Å². The van der Waals surface area contributed by atoms with Gasteiger partial charge >= 0.3 is 0 Å². The van der Waals surface area contributed by atoms with Crippen molar-refractivity contribution in [3.63, 3.8) is 0 Å². The molecule has 4 nitrogen and oxygen atoms in total. The fourth-order valence-electron chi connectivity index (χ4n) is 1.42. The molecule has 96 valence electrons. The Bertz CT molecular complexity index is 368. The number of halogens is 2. The third kappa shape index (κ3) is 3.84. The van der Waals surface area contributed by atoms with Gasteiger partial charge in [-0.05, 0) is 31.4 Å². The lowest BCUT2D eigenvalue weighted by atomic mass is 10.1. The molecule has 1 aliphatic carbocycles. The molecule has 1 atom stereocenters. The van der Waals surface area contributed by atoms with Crippen LogP contribution in [0, 0.1) is 0 Å². The molecule has 1 amide bonds. The highest BCUT2D eigenvalue weighted by Gasteiger charge is 2.46. The first-order chi connectivity index (χ1) is 7.12. The molecule has 3 N–H and O–H groups in total. The predicted octanol–water partition coefficient (Wildman–Crippen LogP) is 1.59. The van der Waals surface area contributed by atoms with Crippen LogP contribution in [0.3, 0.4) is 0 Å². The van der Waals surface area contributed by atoms with Crippen molar-refractivity contribution in [2.24, 2.45) is 5.73 Å². The normalized spacial score (nSPS) is 17.1. The summed E-state index contributed by atoms with van der Waals surface area (Å²) in [5.41, 5.74) is 6.18. The van der Waals surface area contributed by atoms with Gasteiger partial charge in [-0.1, -0.05) is 6.07 Å². The third-order valence-electron chi connectivity index (χ3n) is 2.77. The lowest BCUT2D eigenvalue weighted by Crippen LogP contribution is -2.43. The molecule has 1 heterocycles. The summed E-state index contributed by atoms with van der Waals surface area (Å²) in [6, 6.07) is 3.76. The minimum absolute atomic E-state index is 0. The maximum Gasteiger partial charge on any atom is 0.240 e. The topological polar surface area (TPSA) is 68.0 Å². The lowest BCUT2D eigenvalue weighted by molar-refractivity contribution is -0.123. The number of nitrogens with two attached hydrogens (primary N) is 1. The standard InChI is InChI=1S/C11H15N3O.2ClH/c1-8(9-3-2-6-13-7-9)14-10(15)11(12)4-5-11;;/h2-3,6-8H,4-5,12H2,1H3,(H,14,15);2*1H/t8-;;/m0../s1. The highest BCUT2D eigenvalue weighted by Crippen LogP contribution is 2.32. The lowest BCUT2D eigenvalue weighted by Gasteiger charge is -2.16. The number of amides is 1. The molecule has 2 rings (SSSR count). The van der Waals surface area contributed by atoms with Gasteiger partial charge in [-0.2, -0.15) is 0 Å². The second-order valence-corrected chi connectivity index (χ2v) is 4.14. The number of rotatable bonds is 3. The molecule has 1 aliphatic rings. The van der Waals surface area contributed by atoms with Crippen LogP contribution in [0.1, 0.15) is 31.4 Å². The van der Waals surface area contributed by atoms with Crippen LogP contribution in [0.4, 0.5) is 0 Å². The quantitative estimate of drug-likeness (QED) is 0.882. The number of pyridine rings is 1. The van der Waals surface area contributed by atoms with Gasteiger partial charge in [0.05, 0.1) is 11.6 Å². The van der Waals surface area contributed by atoms with Crippen molar-refractivity contribution in [3.05, 3.63) is 30.1 Å². The van der Waals surface area contributed by atoms with Crippen LogP contribution in [0.2, 0.25) is 0 Å². The molecule has 0 aliphatic heterocycles. The van der Waals surface area contributed by atoms with E-state index in [1.807, 2.05) is 19.1 Å². The van der Waals surface area contributed by atoms with Crippen LogP contribution < -0.4 is 11.1 Å². The first-order valence-electron chi connectivity index (χ1n) is 5.12. The Kier molecular flexibility index (Phi) is 5.88. The van der Waals surface area contributed by atoms with Gasteiger partial charge in [-0.3, -0.25) is 9.78 Å². The maximum absolute atomic E-state index is 11.7. The number of hydrogen-bond acceptors (Lipinski definition) is 3. The monoisotopic (exact) mass is 277 g/mol.